The highest BCUT2D eigenvalue weighted by atomic mass is 19.2. The van der Waals surface area contributed by atoms with Gasteiger partial charge in [0.2, 0.25) is 11.8 Å². The van der Waals surface area contributed by atoms with Crippen LogP contribution in [-0.4, -0.2) is 54.8 Å². The van der Waals surface area contributed by atoms with Crippen LogP contribution in [0.15, 0.2) is 12.1 Å². The van der Waals surface area contributed by atoms with Crippen molar-refractivity contribution in [3.63, 3.8) is 0 Å². The number of halogens is 2. The summed E-state index contributed by atoms with van der Waals surface area (Å²) in [5.74, 6) is -2.24. The Hall–Kier alpha value is -2.02. The molecule has 0 radical (unpaired) electrons. The maximum absolute atomic E-state index is 13.9. The first-order valence-corrected chi connectivity index (χ1v) is 9.05. The molecule has 2 rings (SSSR count). The zero-order valence-electron chi connectivity index (χ0n) is 15.7. The fourth-order valence-corrected chi connectivity index (χ4v) is 3.22. The van der Waals surface area contributed by atoms with Crippen molar-refractivity contribution in [3.05, 3.63) is 29.3 Å². The van der Waals surface area contributed by atoms with E-state index >= 15 is 0 Å². The molecule has 0 unspecified atom stereocenters. The summed E-state index contributed by atoms with van der Waals surface area (Å²) in [7, 11) is 2.00. The van der Waals surface area contributed by atoms with E-state index in [1.165, 1.54) is 11.8 Å². The van der Waals surface area contributed by atoms with Crippen LogP contribution in [0.3, 0.4) is 0 Å². The van der Waals surface area contributed by atoms with Gasteiger partial charge in [-0.1, -0.05) is 6.92 Å². The van der Waals surface area contributed by atoms with Crippen LogP contribution in [0.4, 0.5) is 14.5 Å². The number of benzene rings is 1. The smallest absolute Gasteiger partial charge is 0.226 e. The number of hydrogen-bond acceptors (Lipinski definition) is 3. The minimum absolute atomic E-state index is 0.131. The first-order chi connectivity index (χ1) is 12.3. The van der Waals surface area contributed by atoms with E-state index in [1.54, 1.807) is 11.8 Å². The number of amides is 2. The Kier molecular flexibility index (Phi) is 7.08. The van der Waals surface area contributed by atoms with Gasteiger partial charge in [-0.05, 0) is 44.6 Å². The highest BCUT2D eigenvalue weighted by Crippen LogP contribution is 2.27. The minimum Gasteiger partial charge on any atom is -0.338 e. The molecule has 144 valence electrons. The van der Waals surface area contributed by atoms with E-state index in [-0.39, 0.29) is 24.8 Å². The molecule has 5 nitrogen and oxygen atoms in total. The second-order valence-electron chi connectivity index (χ2n) is 6.74. The normalized spacial score (nSPS) is 17.3. The van der Waals surface area contributed by atoms with Gasteiger partial charge in [0.15, 0.2) is 11.6 Å². The molecule has 2 amide bonds. The molecule has 1 heterocycles. The molecular formula is C19H27F2N3O2. The number of carbonyl (C=O) groups is 2. The van der Waals surface area contributed by atoms with Crippen molar-refractivity contribution in [2.75, 3.05) is 38.1 Å². The van der Waals surface area contributed by atoms with E-state index in [0.717, 1.165) is 38.1 Å². The molecule has 0 fully saturated rings. The first-order valence-electron chi connectivity index (χ1n) is 9.05. The lowest BCUT2D eigenvalue weighted by Gasteiger charge is -2.30. The second kappa shape index (κ2) is 9.07. The number of fused-ring (bicyclic) bond motifs is 1. The third-order valence-corrected chi connectivity index (χ3v) is 4.71. The van der Waals surface area contributed by atoms with Crippen molar-refractivity contribution in [1.82, 2.24) is 9.80 Å². The van der Waals surface area contributed by atoms with Gasteiger partial charge >= 0.3 is 0 Å². The molecule has 0 bridgehead atoms. The van der Waals surface area contributed by atoms with Gasteiger partial charge in [-0.3, -0.25) is 9.59 Å². The average molecular weight is 367 g/mol. The largest absolute Gasteiger partial charge is 0.338 e. The van der Waals surface area contributed by atoms with Crippen molar-refractivity contribution in [2.24, 2.45) is 0 Å². The van der Waals surface area contributed by atoms with E-state index in [2.05, 4.69) is 4.90 Å². The van der Waals surface area contributed by atoms with E-state index in [9.17, 15) is 18.4 Å². The topological polar surface area (TPSA) is 43.9 Å². The summed E-state index contributed by atoms with van der Waals surface area (Å²) in [5, 5.41) is 0. The number of hydrogen-bond donors (Lipinski definition) is 0. The zero-order valence-corrected chi connectivity index (χ0v) is 15.7. The molecule has 0 aromatic heterocycles. The molecule has 1 aromatic carbocycles. The zero-order chi connectivity index (χ0) is 19.3. The highest BCUT2D eigenvalue weighted by Gasteiger charge is 2.23. The van der Waals surface area contributed by atoms with Crippen LogP contribution in [0, 0.1) is 11.6 Å². The summed E-state index contributed by atoms with van der Waals surface area (Å²) in [6.07, 6.45) is 1.80. The van der Waals surface area contributed by atoms with Crippen molar-refractivity contribution in [3.8, 4) is 0 Å². The lowest BCUT2D eigenvalue weighted by atomic mass is 10.1. The van der Waals surface area contributed by atoms with Crippen LogP contribution in [0.25, 0.3) is 0 Å². The monoisotopic (exact) mass is 367 g/mol. The number of anilines is 1. The molecule has 1 aliphatic heterocycles. The second-order valence-corrected chi connectivity index (χ2v) is 6.74. The van der Waals surface area contributed by atoms with Gasteiger partial charge < -0.3 is 14.7 Å². The molecule has 0 atom stereocenters. The van der Waals surface area contributed by atoms with Crippen LogP contribution in [0.2, 0.25) is 0 Å². The molecule has 7 heteroatoms. The Morgan fingerprint density at radius 3 is 2.27 bits per heavy atom. The van der Waals surface area contributed by atoms with Crippen molar-refractivity contribution < 1.29 is 18.4 Å². The van der Waals surface area contributed by atoms with Gasteiger partial charge in [0.05, 0.1) is 5.69 Å². The Balaban J connectivity index is 2.49. The predicted octanol–water partition coefficient (Wildman–Crippen LogP) is 2.78. The van der Waals surface area contributed by atoms with Gasteiger partial charge in [0, 0.05) is 39.0 Å². The van der Waals surface area contributed by atoms with E-state index in [4.69, 9.17) is 0 Å². The van der Waals surface area contributed by atoms with Crippen LogP contribution in [-0.2, 0) is 16.1 Å². The van der Waals surface area contributed by atoms with Crippen LogP contribution in [0.1, 0.15) is 38.7 Å². The van der Waals surface area contributed by atoms with Crippen LogP contribution < -0.4 is 4.90 Å². The van der Waals surface area contributed by atoms with E-state index in [1.807, 2.05) is 7.05 Å². The first kappa shape index (κ1) is 20.3. The lowest BCUT2D eigenvalue weighted by Crippen LogP contribution is -2.37. The molecule has 0 spiro atoms. The van der Waals surface area contributed by atoms with Crippen LogP contribution in [0.5, 0.6) is 0 Å². The number of rotatable bonds is 1. The Labute approximate surface area is 153 Å². The fourth-order valence-electron chi connectivity index (χ4n) is 3.22. The van der Waals surface area contributed by atoms with Gasteiger partial charge in [0.1, 0.15) is 0 Å². The molecule has 1 aliphatic rings. The van der Waals surface area contributed by atoms with E-state index in [0.29, 0.717) is 24.3 Å². The van der Waals surface area contributed by atoms with Crippen LogP contribution >= 0.6 is 0 Å². The van der Waals surface area contributed by atoms with Gasteiger partial charge in [-0.25, -0.2) is 8.78 Å². The highest BCUT2D eigenvalue weighted by molar-refractivity contribution is 5.94. The van der Waals surface area contributed by atoms with Gasteiger partial charge in [-0.2, -0.15) is 0 Å². The third kappa shape index (κ3) is 5.00. The van der Waals surface area contributed by atoms with Gasteiger partial charge in [-0.15, -0.1) is 0 Å². The molecule has 0 saturated carbocycles. The Morgan fingerprint density at radius 2 is 1.65 bits per heavy atom. The summed E-state index contributed by atoms with van der Waals surface area (Å²) in [6, 6.07) is 2.18. The molecular weight excluding hydrogens is 340 g/mol. The summed E-state index contributed by atoms with van der Waals surface area (Å²) in [4.78, 5) is 29.7. The summed E-state index contributed by atoms with van der Waals surface area (Å²) < 4.78 is 27.8. The fraction of sp³-hybridized carbons (Fsp3) is 0.579. The molecule has 0 aliphatic carbocycles. The summed E-state index contributed by atoms with van der Waals surface area (Å²) >= 11 is 0. The van der Waals surface area contributed by atoms with Crippen molar-refractivity contribution >= 4 is 17.5 Å². The standard InChI is InChI=1S/C19H27F2N3O2/c1-4-19(26)24-10-6-8-22(3)7-5-9-23(14(2)25)13-15-11-16(20)17(21)12-18(15)24/h11-12H,4-10,13H2,1-3H3. The maximum Gasteiger partial charge on any atom is 0.226 e. The maximum atomic E-state index is 13.9. The van der Waals surface area contributed by atoms with Crippen molar-refractivity contribution in [2.45, 2.75) is 39.7 Å². The number of nitrogens with zero attached hydrogens (tertiary/aromatic N) is 3. The van der Waals surface area contributed by atoms with E-state index < -0.39 is 11.6 Å². The lowest BCUT2D eigenvalue weighted by molar-refractivity contribution is -0.129. The Bertz CT molecular complexity index is 666. The number of carbonyl (C=O) groups excluding carboxylic acids is 2. The third-order valence-electron chi connectivity index (χ3n) is 4.71. The quantitative estimate of drug-likeness (QED) is 0.767. The average Bonchev–Trinajstić information content (AvgIpc) is 2.59. The molecule has 0 N–H and O–H groups in total. The summed E-state index contributed by atoms with van der Waals surface area (Å²) in [6.45, 7) is 5.92. The predicted molar refractivity (Wildman–Crippen MR) is 96.8 cm³/mol. The minimum atomic E-state index is -0.990. The molecule has 0 saturated heterocycles. The SMILES string of the molecule is CCC(=O)N1CCCN(C)CCCN(C(C)=O)Cc2cc(F)c(F)cc21. The Morgan fingerprint density at radius 1 is 1.04 bits per heavy atom. The molecule has 26 heavy (non-hydrogen) atoms. The summed E-state index contributed by atoms with van der Waals surface area (Å²) in [5.41, 5.74) is 0.806. The van der Waals surface area contributed by atoms with Crippen molar-refractivity contribution in [1.29, 1.82) is 0 Å². The van der Waals surface area contributed by atoms with Gasteiger partial charge in [0.25, 0.3) is 0 Å². The molecule has 1 aromatic rings.